The number of piperidine rings is 1. The fourth-order valence-electron chi connectivity index (χ4n) is 3.31. The van der Waals surface area contributed by atoms with Gasteiger partial charge >= 0.3 is 12.2 Å². The van der Waals surface area contributed by atoms with Gasteiger partial charge in [0.15, 0.2) is 0 Å². The lowest BCUT2D eigenvalue weighted by Gasteiger charge is -2.33. The fraction of sp³-hybridized carbons (Fsp3) is 0.522. The molecule has 8 heteroatoms. The standard InChI is InChI=1S/C23H31N3O4S/c1-15-16(2)31-20(24-15)18-8-6-7-9-19(18)25-21(27)29-14-17-10-12-26(13-11-17)22(28)30-23(3,4)5/h6-9,17H,10-14H2,1-5H3,(H,25,27). The van der Waals surface area contributed by atoms with E-state index in [0.717, 1.165) is 34.0 Å². The number of aryl methyl sites for hydroxylation is 2. The van der Waals surface area contributed by atoms with Crippen molar-refractivity contribution in [2.75, 3.05) is 25.0 Å². The van der Waals surface area contributed by atoms with E-state index in [1.165, 1.54) is 0 Å². The highest BCUT2D eigenvalue weighted by Gasteiger charge is 2.27. The zero-order valence-corrected chi connectivity index (χ0v) is 19.7. The number of thiazole rings is 1. The van der Waals surface area contributed by atoms with Crippen molar-refractivity contribution in [3.05, 3.63) is 34.8 Å². The molecule has 2 heterocycles. The van der Waals surface area contributed by atoms with Gasteiger partial charge in [-0.25, -0.2) is 14.6 Å². The van der Waals surface area contributed by atoms with Crippen LogP contribution >= 0.6 is 11.3 Å². The number of benzene rings is 1. The number of likely N-dealkylation sites (tertiary alicyclic amines) is 1. The van der Waals surface area contributed by atoms with Crippen molar-refractivity contribution >= 4 is 29.2 Å². The average Bonchev–Trinajstić information content (AvgIpc) is 3.04. The minimum absolute atomic E-state index is 0.226. The Labute approximate surface area is 187 Å². The van der Waals surface area contributed by atoms with Gasteiger partial charge in [-0.1, -0.05) is 12.1 Å². The molecule has 0 radical (unpaired) electrons. The van der Waals surface area contributed by atoms with Gasteiger partial charge in [0.25, 0.3) is 0 Å². The molecule has 1 aromatic carbocycles. The van der Waals surface area contributed by atoms with Crippen LogP contribution in [-0.4, -0.2) is 47.4 Å². The summed E-state index contributed by atoms with van der Waals surface area (Å²) < 4.78 is 10.9. The summed E-state index contributed by atoms with van der Waals surface area (Å²) in [4.78, 5) is 32.0. The summed E-state index contributed by atoms with van der Waals surface area (Å²) >= 11 is 1.60. The first-order chi connectivity index (χ1) is 14.6. The molecule has 0 unspecified atom stereocenters. The molecule has 1 aliphatic rings. The molecule has 168 valence electrons. The van der Waals surface area contributed by atoms with Gasteiger partial charge in [-0.2, -0.15) is 0 Å². The third-order valence-corrected chi connectivity index (χ3v) is 6.25. The summed E-state index contributed by atoms with van der Waals surface area (Å²) in [6, 6.07) is 7.59. The molecule has 1 aromatic heterocycles. The maximum Gasteiger partial charge on any atom is 0.411 e. The molecule has 7 nitrogen and oxygen atoms in total. The van der Waals surface area contributed by atoms with E-state index in [1.54, 1.807) is 16.2 Å². The number of ether oxygens (including phenoxy) is 2. The van der Waals surface area contributed by atoms with Crippen molar-refractivity contribution in [2.24, 2.45) is 5.92 Å². The van der Waals surface area contributed by atoms with Gasteiger partial charge < -0.3 is 14.4 Å². The highest BCUT2D eigenvalue weighted by molar-refractivity contribution is 7.15. The lowest BCUT2D eigenvalue weighted by Crippen LogP contribution is -2.42. The molecule has 0 atom stereocenters. The first-order valence-electron chi connectivity index (χ1n) is 10.6. The van der Waals surface area contributed by atoms with E-state index in [2.05, 4.69) is 10.3 Å². The molecule has 0 bridgehead atoms. The molecule has 1 aliphatic heterocycles. The molecule has 2 aromatic rings. The number of rotatable bonds is 4. The van der Waals surface area contributed by atoms with Crippen molar-refractivity contribution in [3.63, 3.8) is 0 Å². The number of carbonyl (C=O) groups is 2. The summed E-state index contributed by atoms with van der Waals surface area (Å²) in [5.74, 6) is 0.226. The van der Waals surface area contributed by atoms with Crippen LogP contribution in [0.4, 0.5) is 15.3 Å². The quantitative estimate of drug-likeness (QED) is 0.660. The second-order valence-corrected chi connectivity index (χ2v) is 10.0. The number of carbonyl (C=O) groups excluding carboxylic acids is 2. The van der Waals surface area contributed by atoms with Gasteiger partial charge in [-0.05, 0) is 65.5 Å². The zero-order chi connectivity index (χ0) is 22.6. The minimum atomic E-state index is -0.499. The Morgan fingerprint density at radius 1 is 1.19 bits per heavy atom. The van der Waals surface area contributed by atoms with Crippen LogP contribution in [-0.2, 0) is 9.47 Å². The van der Waals surface area contributed by atoms with Crippen molar-refractivity contribution in [2.45, 2.75) is 53.1 Å². The summed E-state index contributed by atoms with van der Waals surface area (Å²) in [6.07, 6.45) is 0.794. The normalized spacial score (nSPS) is 14.9. The van der Waals surface area contributed by atoms with E-state index >= 15 is 0 Å². The smallest absolute Gasteiger partial charge is 0.411 e. The predicted octanol–water partition coefficient (Wildman–Crippen LogP) is 5.62. The summed E-state index contributed by atoms with van der Waals surface area (Å²) in [7, 11) is 0. The molecule has 0 spiro atoms. The predicted molar refractivity (Wildman–Crippen MR) is 123 cm³/mol. The van der Waals surface area contributed by atoms with Gasteiger partial charge in [0.05, 0.1) is 18.0 Å². The zero-order valence-electron chi connectivity index (χ0n) is 18.9. The number of amides is 2. The van der Waals surface area contributed by atoms with E-state index < -0.39 is 11.7 Å². The second kappa shape index (κ2) is 9.68. The molecule has 0 saturated carbocycles. The Hall–Kier alpha value is -2.61. The molecule has 1 saturated heterocycles. The van der Waals surface area contributed by atoms with Gasteiger partial charge in [0.1, 0.15) is 10.6 Å². The van der Waals surface area contributed by atoms with E-state index in [1.807, 2.05) is 58.9 Å². The third kappa shape index (κ3) is 6.43. The molecular formula is C23H31N3O4S. The molecule has 31 heavy (non-hydrogen) atoms. The number of hydrogen-bond acceptors (Lipinski definition) is 6. The van der Waals surface area contributed by atoms with Gasteiger partial charge in [0, 0.05) is 23.5 Å². The van der Waals surface area contributed by atoms with E-state index in [9.17, 15) is 9.59 Å². The van der Waals surface area contributed by atoms with Crippen LogP contribution in [0.1, 0.15) is 44.2 Å². The summed E-state index contributed by atoms with van der Waals surface area (Å²) in [5.41, 5.74) is 2.06. The van der Waals surface area contributed by atoms with Crippen LogP contribution in [0.25, 0.3) is 10.6 Å². The molecule has 3 rings (SSSR count). The van der Waals surface area contributed by atoms with Crippen molar-refractivity contribution < 1.29 is 19.1 Å². The van der Waals surface area contributed by atoms with Crippen LogP contribution in [0.15, 0.2) is 24.3 Å². The topological polar surface area (TPSA) is 80.8 Å². The maximum atomic E-state index is 12.4. The average molecular weight is 446 g/mol. The Morgan fingerprint density at radius 2 is 1.87 bits per heavy atom. The molecule has 0 aliphatic carbocycles. The highest BCUT2D eigenvalue weighted by atomic mass is 32.1. The number of nitrogens with one attached hydrogen (secondary N) is 1. The van der Waals surface area contributed by atoms with Crippen molar-refractivity contribution in [1.82, 2.24) is 9.88 Å². The van der Waals surface area contributed by atoms with Crippen LogP contribution in [0.3, 0.4) is 0 Å². The third-order valence-electron chi connectivity index (χ3n) is 5.14. The Morgan fingerprint density at radius 3 is 2.48 bits per heavy atom. The molecular weight excluding hydrogens is 414 g/mol. The van der Waals surface area contributed by atoms with Gasteiger partial charge in [0.2, 0.25) is 0 Å². The molecule has 1 fully saturated rings. The number of aromatic nitrogens is 1. The largest absolute Gasteiger partial charge is 0.449 e. The number of nitrogens with zero attached hydrogens (tertiary/aromatic N) is 2. The number of hydrogen-bond donors (Lipinski definition) is 1. The summed E-state index contributed by atoms with van der Waals surface area (Å²) in [5, 5.41) is 3.73. The van der Waals surface area contributed by atoms with Crippen LogP contribution in [0.2, 0.25) is 0 Å². The Balaban J connectivity index is 1.49. The first kappa shape index (κ1) is 23.1. The van der Waals surface area contributed by atoms with E-state index in [4.69, 9.17) is 9.47 Å². The van der Waals surface area contributed by atoms with Gasteiger partial charge in [-0.3, -0.25) is 5.32 Å². The van der Waals surface area contributed by atoms with Gasteiger partial charge in [-0.15, -0.1) is 11.3 Å². The van der Waals surface area contributed by atoms with Crippen LogP contribution < -0.4 is 5.32 Å². The molecule has 1 N–H and O–H groups in total. The van der Waals surface area contributed by atoms with Crippen molar-refractivity contribution in [1.29, 1.82) is 0 Å². The number of para-hydroxylation sites is 1. The lowest BCUT2D eigenvalue weighted by molar-refractivity contribution is 0.0153. The molecule has 2 amide bonds. The lowest BCUT2D eigenvalue weighted by atomic mass is 9.98. The van der Waals surface area contributed by atoms with E-state index in [0.29, 0.717) is 25.4 Å². The van der Waals surface area contributed by atoms with Crippen molar-refractivity contribution in [3.8, 4) is 10.6 Å². The minimum Gasteiger partial charge on any atom is -0.449 e. The summed E-state index contributed by atoms with van der Waals surface area (Å²) in [6.45, 7) is 11.1. The number of anilines is 1. The monoisotopic (exact) mass is 445 g/mol. The van der Waals surface area contributed by atoms with E-state index in [-0.39, 0.29) is 12.0 Å². The van der Waals surface area contributed by atoms with Crippen LogP contribution in [0.5, 0.6) is 0 Å². The van der Waals surface area contributed by atoms with Crippen LogP contribution in [0, 0.1) is 19.8 Å². The fourth-order valence-corrected chi connectivity index (χ4v) is 4.27. The Kier molecular flexibility index (Phi) is 7.20. The SMILES string of the molecule is Cc1nc(-c2ccccc2NC(=O)OCC2CCN(C(=O)OC(C)(C)C)CC2)sc1C. The Bertz CT molecular complexity index is 908. The maximum absolute atomic E-state index is 12.4. The first-order valence-corrected chi connectivity index (χ1v) is 11.4. The highest BCUT2D eigenvalue weighted by Crippen LogP contribution is 2.32. The second-order valence-electron chi connectivity index (χ2n) is 8.84.